The SMILES string of the molecule is COC(C)C(=O)OCN1C(=O)CCc2ccc(OCCCCN3CCN(c4cccc(Cl)c4Cl)CC3)cc21. The van der Waals surface area contributed by atoms with Gasteiger partial charge < -0.3 is 19.1 Å². The highest BCUT2D eigenvalue weighted by Crippen LogP contribution is 2.33. The van der Waals surface area contributed by atoms with E-state index in [1.807, 2.05) is 36.4 Å². The molecule has 0 aromatic heterocycles. The lowest BCUT2D eigenvalue weighted by atomic mass is 10.0. The zero-order chi connectivity index (χ0) is 27.1. The number of piperazine rings is 1. The maximum Gasteiger partial charge on any atom is 0.336 e. The van der Waals surface area contributed by atoms with Crippen molar-refractivity contribution in [2.75, 3.05) is 63.0 Å². The van der Waals surface area contributed by atoms with Crippen molar-refractivity contribution < 1.29 is 23.8 Å². The van der Waals surface area contributed by atoms with Crippen LogP contribution >= 0.6 is 23.2 Å². The number of hydrogen-bond donors (Lipinski definition) is 0. The summed E-state index contributed by atoms with van der Waals surface area (Å²) in [6.07, 6.45) is 2.30. The van der Waals surface area contributed by atoms with E-state index in [-0.39, 0.29) is 12.6 Å². The summed E-state index contributed by atoms with van der Waals surface area (Å²) in [7, 11) is 1.44. The minimum Gasteiger partial charge on any atom is -0.494 e. The second-order valence-corrected chi connectivity index (χ2v) is 10.3. The number of fused-ring (bicyclic) bond motifs is 1. The lowest BCUT2D eigenvalue weighted by Crippen LogP contribution is -2.46. The standard InChI is InChI=1S/C28H35Cl2N3O5/c1-20(36-2)28(35)38-19-33-25-18-22(10-8-21(25)9-11-26(33)34)37-17-4-3-12-31-13-15-32(16-14-31)24-7-5-6-23(29)27(24)30/h5-8,10,18,20H,3-4,9,11-17,19H2,1-2H3. The number of methoxy groups -OCH3 is 1. The first-order valence-corrected chi connectivity index (χ1v) is 13.8. The van der Waals surface area contributed by atoms with Crippen LogP contribution in [0.5, 0.6) is 5.75 Å². The summed E-state index contributed by atoms with van der Waals surface area (Å²) >= 11 is 12.6. The fourth-order valence-electron chi connectivity index (χ4n) is 4.67. The fraction of sp³-hybridized carbons (Fsp3) is 0.500. The average Bonchev–Trinajstić information content (AvgIpc) is 2.93. The van der Waals surface area contributed by atoms with Gasteiger partial charge in [-0.25, -0.2) is 4.79 Å². The van der Waals surface area contributed by atoms with Gasteiger partial charge in [-0.15, -0.1) is 0 Å². The summed E-state index contributed by atoms with van der Waals surface area (Å²) in [6, 6.07) is 11.5. The Morgan fingerprint density at radius 3 is 2.58 bits per heavy atom. The third-order valence-corrected chi connectivity index (χ3v) is 7.87. The Bertz CT molecular complexity index is 1120. The van der Waals surface area contributed by atoms with E-state index in [9.17, 15) is 9.59 Å². The number of halogens is 2. The van der Waals surface area contributed by atoms with E-state index < -0.39 is 12.1 Å². The molecule has 0 spiro atoms. The monoisotopic (exact) mass is 563 g/mol. The van der Waals surface area contributed by atoms with Crippen LogP contribution < -0.4 is 14.5 Å². The first-order chi connectivity index (χ1) is 18.4. The number of carbonyl (C=O) groups excluding carboxylic acids is 2. The van der Waals surface area contributed by atoms with Crippen molar-refractivity contribution in [1.29, 1.82) is 0 Å². The Labute approximate surface area is 234 Å². The van der Waals surface area contributed by atoms with Gasteiger partial charge >= 0.3 is 5.97 Å². The molecule has 206 valence electrons. The average molecular weight is 565 g/mol. The van der Waals surface area contributed by atoms with Crippen LogP contribution in [0.25, 0.3) is 0 Å². The third-order valence-electron chi connectivity index (χ3n) is 7.06. The van der Waals surface area contributed by atoms with E-state index in [1.165, 1.54) is 12.0 Å². The molecule has 4 rings (SSSR count). The summed E-state index contributed by atoms with van der Waals surface area (Å²) in [5.41, 5.74) is 2.76. The Morgan fingerprint density at radius 1 is 1.03 bits per heavy atom. The highest BCUT2D eigenvalue weighted by atomic mass is 35.5. The van der Waals surface area contributed by atoms with Crippen LogP contribution in [0.2, 0.25) is 10.0 Å². The molecule has 1 amide bonds. The van der Waals surface area contributed by atoms with Crippen LogP contribution in [0, 0.1) is 0 Å². The van der Waals surface area contributed by atoms with Crippen LogP contribution in [0.15, 0.2) is 36.4 Å². The number of unbranched alkanes of at least 4 members (excludes halogenated alkanes) is 1. The number of anilines is 2. The van der Waals surface area contributed by atoms with Gasteiger partial charge in [0.25, 0.3) is 0 Å². The molecule has 0 bridgehead atoms. The summed E-state index contributed by atoms with van der Waals surface area (Å²) in [4.78, 5) is 30.8. The van der Waals surface area contributed by atoms with Crippen LogP contribution in [-0.2, 0) is 25.5 Å². The molecular weight excluding hydrogens is 529 g/mol. The third kappa shape index (κ3) is 7.11. The van der Waals surface area contributed by atoms with Crippen LogP contribution in [0.4, 0.5) is 11.4 Å². The van der Waals surface area contributed by atoms with Crippen molar-refractivity contribution in [3.63, 3.8) is 0 Å². The van der Waals surface area contributed by atoms with Crippen LogP contribution in [-0.4, -0.2) is 76.1 Å². The molecule has 0 radical (unpaired) electrons. The molecule has 2 aromatic carbocycles. The number of carbonyl (C=O) groups is 2. The van der Waals surface area contributed by atoms with Gasteiger partial charge in [0.05, 0.1) is 28.0 Å². The molecule has 8 nitrogen and oxygen atoms in total. The molecule has 1 atom stereocenters. The lowest BCUT2D eigenvalue weighted by molar-refractivity contribution is -0.154. The Morgan fingerprint density at radius 2 is 1.82 bits per heavy atom. The highest BCUT2D eigenvalue weighted by molar-refractivity contribution is 6.43. The topological polar surface area (TPSA) is 71.5 Å². The zero-order valence-corrected chi connectivity index (χ0v) is 23.5. The van der Waals surface area contributed by atoms with E-state index >= 15 is 0 Å². The Balaban J connectivity index is 1.21. The van der Waals surface area contributed by atoms with Gasteiger partial charge in [0.1, 0.15) is 5.75 Å². The van der Waals surface area contributed by atoms with E-state index in [0.717, 1.165) is 62.5 Å². The predicted molar refractivity (Wildman–Crippen MR) is 150 cm³/mol. The Hall–Kier alpha value is -2.52. The second-order valence-electron chi connectivity index (χ2n) is 9.54. The molecule has 38 heavy (non-hydrogen) atoms. The number of amides is 1. The molecule has 0 aliphatic carbocycles. The molecule has 10 heteroatoms. The summed E-state index contributed by atoms with van der Waals surface area (Å²) in [5.74, 6) is 0.117. The molecule has 2 aromatic rings. The maximum absolute atomic E-state index is 12.5. The number of hydrogen-bond acceptors (Lipinski definition) is 7. The normalized spacial score (nSPS) is 16.8. The van der Waals surface area contributed by atoms with Crippen molar-refractivity contribution in [2.45, 2.75) is 38.7 Å². The number of esters is 1. The van der Waals surface area contributed by atoms with Crippen LogP contribution in [0.3, 0.4) is 0 Å². The maximum atomic E-state index is 12.5. The van der Waals surface area contributed by atoms with E-state index in [0.29, 0.717) is 35.2 Å². The number of aryl methyl sites for hydroxylation is 1. The Kier molecular flexibility index (Phi) is 10.1. The van der Waals surface area contributed by atoms with Gasteiger partial charge in [0, 0.05) is 45.8 Å². The van der Waals surface area contributed by atoms with E-state index in [2.05, 4.69) is 9.80 Å². The van der Waals surface area contributed by atoms with Gasteiger partial charge in [-0.05, 0) is 56.5 Å². The molecule has 0 saturated carbocycles. The fourth-order valence-corrected chi connectivity index (χ4v) is 5.08. The molecule has 1 saturated heterocycles. The molecule has 1 unspecified atom stereocenters. The van der Waals surface area contributed by atoms with E-state index in [4.69, 9.17) is 37.4 Å². The summed E-state index contributed by atoms with van der Waals surface area (Å²) in [5, 5.41) is 1.21. The van der Waals surface area contributed by atoms with Crippen molar-refractivity contribution >= 4 is 46.5 Å². The number of benzene rings is 2. The van der Waals surface area contributed by atoms with Crippen LogP contribution in [0.1, 0.15) is 31.7 Å². The predicted octanol–water partition coefficient (Wildman–Crippen LogP) is 4.79. The largest absolute Gasteiger partial charge is 0.494 e. The minimum absolute atomic E-state index is 0.0785. The number of nitrogens with zero attached hydrogens (tertiary/aromatic N) is 3. The van der Waals surface area contributed by atoms with Gasteiger partial charge in [-0.3, -0.25) is 14.6 Å². The van der Waals surface area contributed by atoms with Gasteiger partial charge in [0.15, 0.2) is 12.8 Å². The van der Waals surface area contributed by atoms with Crippen molar-refractivity contribution in [2.24, 2.45) is 0 Å². The highest BCUT2D eigenvalue weighted by Gasteiger charge is 2.26. The zero-order valence-electron chi connectivity index (χ0n) is 22.0. The van der Waals surface area contributed by atoms with Crippen molar-refractivity contribution in [3.8, 4) is 5.75 Å². The second kappa shape index (κ2) is 13.5. The number of ether oxygens (including phenoxy) is 3. The smallest absolute Gasteiger partial charge is 0.336 e. The van der Waals surface area contributed by atoms with Crippen molar-refractivity contribution in [3.05, 3.63) is 52.0 Å². The molecule has 2 heterocycles. The van der Waals surface area contributed by atoms with Gasteiger partial charge in [0.2, 0.25) is 5.91 Å². The van der Waals surface area contributed by atoms with Gasteiger partial charge in [-0.2, -0.15) is 0 Å². The first kappa shape index (κ1) is 28.5. The lowest BCUT2D eigenvalue weighted by Gasteiger charge is -2.36. The van der Waals surface area contributed by atoms with E-state index in [1.54, 1.807) is 6.92 Å². The van der Waals surface area contributed by atoms with Gasteiger partial charge in [-0.1, -0.05) is 35.3 Å². The van der Waals surface area contributed by atoms with Crippen molar-refractivity contribution in [1.82, 2.24) is 4.90 Å². The first-order valence-electron chi connectivity index (χ1n) is 13.0. The molecule has 1 fully saturated rings. The quantitative estimate of drug-likeness (QED) is 0.287. The summed E-state index contributed by atoms with van der Waals surface area (Å²) in [6.45, 7) is 6.86. The molecule has 2 aliphatic rings. The number of rotatable bonds is 11. The minimum atomic E-state index is -0.686. The molecule has 0 N–H and O–H groups in total. The molecular formula is C28H35Cl2N3O5. The molecule has 2 aliphatic heterocycles. The summed E-state index contributed by atoms with van der Waals surface area (Å²) < 4.78 is 16.3.